The van der Waals surface area contributed by atoms with E-state index in [-0.39, 0.29) is 6.61 Å². The highest BCUT2D eigenvalue weighted by atomic mass is 32.2. The van der Waals surface area contributed by atoms with Gasteiger partial charge in [0, 0.05) is 19.5 Å². The number of thioether (sulfide) groups is 1. The fourth-order valence-electron chi connectivity index (χ4n) is 3.05. The van der Waals surface area contributed by atoms with Crippen molar-refractivity contribution in [2.24, 2.45) is 0 Å². The second kappa shape index (κ2) is 5.85. The van der Waals surface area contributed by atoms with E-state index in [1.165, 1.54) is 17.0 Å². The molecule has 4 rings (SSSR count). The molecule has 7 nitrogen and oxygen atoms in total. The zero-order chi connectivity index (χ0) is 14.9. The first-order valence-electron chi connectivity index (χ1n) is 7.60. The molecule has 0 saturated heterocycles. The van der Waals surface area contributed by atoms with Gasteiger partial charge in [0.15, 0.2) is 5.82 Å². The van der Waals surface area contributed by atoms with Crippen molar-refractivity contribution >= 4 is 17.6 Å². The molecule has 2 aliphatic rings. The summed E-state index contributed by atoms with van der Waals surface area (Å²) in [5, 5.41) is 17.6. The van der Waals surface area contributed by atoms with E-state index in [2.05, 4.69) is 29.6 Å². The van der Waals surface area contributed by atoms with Gasteiger partial charge in [-0.1, -0.05) is 0 Å². The molecule has 4 heterocycles. The molecule has 0 fully saturated rings. The van der Waals surface area contributed by atoms with E-state index in [4.69, 9.17) is 5.11 Å². The van der Waals surface area contributed by atoms with Gasteiger partial charge in [0.2, 0.25) is 0 Å². The third-order valence-corrected chi connectivity index (χ3v) is 5.33. The van der Waals surface area contributed by atoms with Crippen LogP contribution >= 0.6 is 11.8 Å². The molecule has 0 aliphatic carbocycles. The van der Waals surface area contributed by atoms with Crippen molar-refractivity contribution < 1.29 is 5.11 Å². The van der Waals surface area contributed by atoms with Crippen molar-refractivity contribution in [1.29, 1.82) is 0 Å². The van der Waals surface area contributed by atoms with Crippen LogP contribution < -0.4 is 4.90 Å². The second-order valence-corrected chi connectivity index (χ2v) is 6.61. The number of rotatable bonds is 3. The normalized spacial score (nSPS) is 17.2. The van der Waals surface area contributed by atoms with E-state index in [9.17, 15) is 0 Å². The van der Waals surface area contributed by atoms with Crippen LogP contribution in [0.5, 0.6) is 0 Å². The highest BCUT2D eigenvalue weighted by Gasteiger charge is 2.26. The van der Waals surface area contributed by atoms with Gasteiger partial charge in [0.25, 0.3) is 0 Å². The summed E-state index contributed by atoms with van der Waals surface area (Å²) in [5.41, 5.74) is 1.18. The van der Waals surface area contributed by atoms with Gasteiger partial charge in [-0.2, -0.15) is 0 Å². The number of aliphatic hydroxyl groups is 1. The summed E-state index contributed by atoms with van der Waals surface area (Å²) in [6.45, 7) is 2.54. The Morgan fingerprint density at radius 1 is 1.23 bits per heavy atom. The number of hydrogen-bond acceptors (Lipinski definition) is 7. The van der Waals surface area contributed by atoms with Crippen molar-refractivity contribution in [3.8, 4) is 0 Å². The van der Waals surface area contributed by atoms with Crippen molar-refractivity contribution in [3.05, 3.63) is 23.7 Å². The standard InChI is InChI=1S/C14H18N6OS/c21-6-3-11-17-18-12-8-19(4-5-20(11)12)14-13-10(15-9-16-14)2-1-7-22-13/h9,21H,1-8H2. The van der Waals surface area contributed by atoms with Crippen LogP contribution in [0.25, 0.3) is 0 Å². The summed E-state index contributed by atoms with van der Waals surface area (Å²) in [4.78, 5) is 12.5. The van der Waals surface area contributed by atoms with Gasteiger partial charge in [-0.3, -0.25) is 0 Å². The van der Waals surface area contributed by atoms with Gasteiger partial charge >= 0.3 is 0 Å². The van der Waals surface area contributed by atoms with Gasteiger partial charge in [0.05, 0.1) is 23.7 Å². The van der Waals surface area contributed by atoms with E-state index >= 15 is 0 Å². The number of hydrogen-bond donors (Lipinski definition) is 1. The Bertz CT molecular complexity index is 688. The SMILES string of the molecule is OCCc1nnc2n1CCN(c1ncnc3c1SCCC3)C2. The fourth-order valence-corrected chi connectivity index (χ4v) is 4.17. The maximum Gasteiger partial charge on any atom is 0.152 e. The molecule has 0 unspecified atom stereocenters. The highest BCUT2D eigenvalue weighted by molar-refractivity contribution is 7.99. The minimum atomic E-state index is 0.109. The van der Waals surface area contributed by atoms with Gasteiger partial charge in [-0.25, -0.2) is 9.97 Å². The first-order valence-corrected chi connectivity index (χ1v) is 8.59. The molecule has 0 spiro atoms. The molecule has 116 valence electrons. The third kappa shape index (κ3) is 2.36. The molecule has 2 aromatic rings. The molecule has 0 atom stereocenters. The topological polar surface area (TPSA) is 80.0 Å². The molecule has 2 aromatic heterocycles. The van der Waals surface area contributed by atoms with Crippen molar-refractivity contribution in [2.45, 2.75) is 37.2 Å². The van der Waals surface area contributed by atoms with Crippen LogP contribution in [0.2, 0.25) is 0 Å². The predicted molar refractivity (Wildman–Crippen MR) is 82.9 cm³/mol. The third-order valence-electron chi connectivity index (χ3n) is 4.13. The van der Waals surface area contributed by atoms with E-state index in [1.807, 2.05) is 11.8 Å². The minimum absolute atomic E-state index is 0.109. The number of anilines is 1. The lowest BCUT2D eigenvalue weighted by molar-refractivity contribution is 0.294. The number of fused-ring (bicyclic) bond motifs is 2. The number of aryl methyl sites for hydroxylation is 1. The smallest absolute Gasteiger partial charge is 0.152 e. The maximum atomic E-state index is 9.09. The molecule has 22 heavy (non-hydrogen) atoms. The van der Waals surface area contributed by atoms with Gasteiger partial charge in [-0.15, -0.1) is 22.0 Å². The maximum absolute atomic E-state index is 9.09. The molecular weight excluding hydrogens is 300 g/mol. The second-order valence-electron chi connectivity index (χ2n) is 5.50. The molecule has 0 amide bonds. The highest BCUT2D eigenvalue weighted by Crippen LogP contribution is 2.36. The first kappa shape index (κ1) is 14.0. The minimum Gasteiger partial charge on any atom is -0.396 e. The molecule has 0 saturated carbocycles. The molecule has 0 bridgehead atoms. The Balaban J connectivity index is 1.63. The van der Waals surface area contributed by atoms with Crippen LogP contribution in [0.4, 0.5) is 5.82 Å². The monoisotopic (exact) mass is 318 g/mol. The largest absolute Gasteiger partial charge is 0.396 e. The molecule has 0 radical (unpaired) electrons. The van der Waals surface area contributed by atoms with Crippen LogP contribution in [0.15, 0.2) is 11.2 Å². The summed E-state index contributed by atoms with van der Waals surface area (Å²) in [5.74, 6) is 3.99. The molecule has 1 N–H and O–H groups in total. The predicted octanol–water partition coefficient (Wildman–Crippen LogP) is 0.661. The lowest BCUT2D eigenvalue weighted by Gasteiger charge is -2.31. The number of aliphatic hydroxyl groups excluding tert-OH is 1. The van der Waals surface area contributed by atoms with Crippen LogP contribution in [-0.4, -0.2) is 48.7 Å². The van der Waals surface area contributed by atoms with Crippen LogP contribution in [0.1, 0.15) is 23.8 Å². The number of nitrogens with zero attached hydrogens (tertiary/aromatic N) is 6. The Morgan fingerprint density at radius 3 is 3.09 bits per heavy atom. The van der Waals surface area contributed by atoms with Gasteiger partial charge < -0.3 is 14.6 Å². The number of aromatic nitrogens is 5. The van der Waals surface area contributed by atoms with Crippen molar-refractivity contribution in [3.63, 3.8) is 0 Å². The van der Waals surface area contributed by atoms with Crippen molar-refractivity contribution in [1.82, 2.24) is 24.7 Å². The Hall–Kier alpha value is -1.67. The van der Waals surface area contributed by atoms with E-state index < -0.39 is 0 Å². The van der Waals surface area contributed by atoms with Crippen LogP contribution in [0, 0.1) is 0 Å². The van der Waals surface area contributed by atoms with E-state index in [0.717, 1.165) is 42.7 Å². The zero-order valence-electron chi connectivity index (χ0n) is 12.3. The zero-order valence-corrected chi connectivity index (χ0v) is 13.1. The Morgan fingerprint density at radius 2 is 2.18 bits per heavy atom. The van der Waals surface area contributed by atoms with Crippen molar-refractivity contribution in [2.75, 3.05) is 23.8 Å². The lowest BCUT2D eigenvalue weighted by Crippen LogP contribution is -2.35. The average molecular weight is 318 g/mol. The van der Waals surface area contributed by atoms with Crippen LogP contribution in [-0.2, 0) is 25.9 Å². The Kier molecular flexibility index (Phi) is 3.71. The molecular formula is C14H18N6OS. The lowest BCUT2D eigenvalue weighted by atomic mass is 10.2. The quantitative estimate of drug-likeness (QED) is 0.890. The van der Waals surface area contributed by atoms with E-state index in [1.54, 1.807) is 6.33 Å². The van der Waals surface area contributed by atoms with E-state index in [0.29, 0.717) is 13.0 Å². The summed E-state index contributed by atoms with van der Waals surface area (Å²) in [6.07, 6.45) is 4.47. The first-order chi connectivity index (χ1) is 10.9. The molecule has 0 aromatic carbocycles. The molecule has 8 heteroatoms. The average Bonchev–Trinajstić information content (AvgIpc) is 2.97. The van der Waals surface area contributed by atoms with Gasteiger partial charge in [0.1, 0.15) is 18.0 Å². The molecule has 2 aliphatic heterocycles. The van der Waals surface area contributed by atoms with Gasteiger partial charge in [-0.05, 0) is 18.6 Å². The Labute approximate surface area is 132 Å². The van der Waals surface area contributed by atoms with Crippen LogP contribution in [0.3, 0.4) is 0 Å². The summed E-state index contributed by atoms with van der Waals surface area (Å²) in [6, 6.07) is 0. The summed E-state index contributed by atoms with van der Waals surface area (Å²) >= 11 is 1.86. The summed E-state index contributed by atoms with van der Waals surface area (Å²) in [7, 11) is 0. The summed E-state index contributed by atoms with van der Waals surface area (Å²) < 4.78 is 2.12. The fraction of sp³-hybridized carbons (Fsp3) is 0.571.